The second-order valence-electron chi connectivity index (χ2n) is 6.26. The third kappa shape index (κ3) is 2.26. The molecule has 118 valence electrons. The number of aromatic nitrogens is 2. The largest absolute Gasteiger partial charge is 0.256 e. The van der Waals surface area contributed by atoms with Gasteiger partial charge in [0.05, 0.1) is 11.4 Å². The standard InChI is InChI=1S/C23H16N2/c1-3-13-24-21(11-1)19-15-20(22-12-2-4-14-25-22)18-10-6-8-16-7-5-9-17(19)23(16)18/h1-7,9-15H,8H2. The van der Waals surface area contributed by atoms with Crippen LogP contribution in [0.25, 0.3) is 39.4 Å². The molecule has 0 fully saturated rings. The van der Waals surface area contributed by atoms with Crippen molar-refractivity contribution < 1.29 is 0 Å². The van der Waals surface area contributed by atoms with Crippen LogP contribution >= 0.6 is 0 Å². The lowest BCUT2D eigenvalue weighted by Crippen LogP contribution is -1.98. The second kappa shape index (κ2) is 5.67. The summed E-state index contributed by atoms with van der Waals surface area (Å²) in [5, 5.41) is 2.59. The molecule has 2 nitrogen and oxygen atoms in total. The second-order valence-corrected chi connectivity index (χ2v) is 6.26. The summed E-state index contributed by atoms with van der Waals surface area (Å²) in [5.74, 6) is 0. The van der Waals surface area contributed by atoms with Crippen molar-refractivity contribution in [3.63, 3.8) is 0 Å². The molecule has 25 heavy (non-hydrogen) atoms. The van der Waals surface area contributed by atoms with Gasteiger partial charge in [-0.05, 0) is 58.7 Å². The van der Waals surface area contributed by atoms with E-state index in [1.54, 1.807) is 0 Å². The molecule has 0 bridgehead atoms. The molecule has 0 amide bonds. The highest BCUT2D eigenvalue weighted by Gasteiger charge is 2.18. The van der Waals surface area contributed by atoms with Crippen LogP contribution in [0.15, 0.2) is 79.1 Å². The number of allylic oxidation sites excluding steroid dienone is 1. The van der Waals surface area contributed by atoms with Gasteiger partial charge in [-0.3, -0.25) is 9.97 Å². The first-order valence-electron chi connectivity index (χ1n) is 8.50. The number of hydrogen-bond donors (Lipinski definition) is 0. The summed E-state index contributed by atoms with van der Waals surface area (Å²) in [4.78, 5) is 9.20. The highest BCUT2D eigenvalue weighted by molar-refractivity contribution is 6.07. The number of pyridine rings is 2. The Bertz CT molecular complexity index is 1100. The zero-order chi connectivity index (χ0) is 16.6. The Morgan fingerprint density at radius 2 is 1.48 bits per heavy atom. The zero-order valence-corrected chi connectivity index (χ0v) is 13.7. The van der Waals surface area contributed by atoms with Crippen molar-refractivity contribution in [3.05, 3.63) is 90.3 Å². The highest BCUT2D eigenvalue weighted by Crippen LogP contribution is 2.40. The molecule has 2 heterocycles. The molecule has 2 aromatic carbocycles. The van der Waals surface area contributed by atoms with E-state index in [4.69, 9.17) is 0 Å². The van der Waals surface area contributed by atoms with Crippen LogP contribution in [0.5, 0.6) is 0 Å². The maximum absolute atomic E-state index is 4.60. The van der Waals surface area contributed by atoms with Gasteiger partial charge >= 0.3 is 0 Å². The molecule has 2 heteroatoms. The minimum atomic E-state index is 0.970. The quantitative estimate of drug-likeness (QED) is 0.485. The molecule has 0 saturated carbocycles. The number of hydrogen-bond acceptors (Lipinski definition) is 2. The van der Waals surface area contributed by atoms with E-state index in [0.717, 1.165) is 28.9 Å². The van der Waals surface area contributed by atoms with Crippen molar-refractivity contribution in [2.75, 3.05) is 0 Å². The average molecular weight is 320 g/mol. The lowest BCUT2D eigenvalue weighted by atomic mass is 9.85. The van der Waals surface area contributed by atoms with Gasteiger partial charge in [-0.2, -0.15) is 0 Å². The normalized spacial score (nSPS) is 12.5. The minimum Gasteiger partial charge on any atom is -0.256 e. The topological polar surface area (TPSA) is 25.8 Å². The van der Waals surface area contributed by atoms with Crippen molar-refractivity contribution in [2.24, 2.45) is 0 Å². The predicted molar refractivity (Wildman–Crippen MR) is 103 cm³/mol. The molecule has 0 aliphatic heterocycles. The lowest BCUT2D eigenvalue weighted by Gasteiger charge is -2.19. The van der Waals surface area contributed by atoms with Gasteiger partial charge in [0.2, 0.25) is 0 Å². The molecular formula is C23H16N2. The monoisotopic (exact) mass is 320 g/mol. The van der Waals surface area contributed by atoms with Crippen LogP contribution in [0.2, 0.25) is 0 Å². The van der Waals surface area contributed by atoms with Crippen LogP contribution in [0.4, 0.5) is 0 Å². The van der Waals surface area contributed by atoms with E-state index < -0.39 is 0 Å². The van der Waals surface area contributed by atoms with Crippen molar-refractivity contribution in [3.8, 4) is 22.5 Å². The lowest BCUT2D eigenvalue weighted by molar-refractivity contribution is 1.28. The summed E-state index contributed by atoms with van der Waals surface area (Å²) in [6.45, 7) is 0. The first-order valence-corrected chi connectivity index (χ1v) is 8.50. The van der Waals surface area contributed by atoms with E-state index in [0.29, 0.717) is 0 Å². The van der Waals surface area contributed by atoms with Gasteiger partial charge in [-0.25, -0.2) is 0 Å². The summed E-state index contributed by atoms with van der Waals surface area (Å²) in [6.07, 6.45) is 9.15. The average Bonchev–Trinajstić information content (AvgIpc) is 2.70. The maximum atomic E-state index is 4.60. The van der Waals surface area contributed by atoms with E-state index in [1.165, 1.54) is 21.9 Å². The van der Waals surface area contributed by atoms with E-state index >= 15 is 0 Å². The molecule has 0 atom stereocenters. The first-order chi connectivity index (χ1) is 12.4. The van der Waals surface area contributed by atoms with Crippen LogP contribution < -0.4 is 0 Å². The fraction of sp³-hybridized carbons (Fsp3) is 0.0435. The molecule has 0 spiro atoms. The number of rotatable bonds is 2. The van der Waals surface area contributed by atoms with Gasteiger partial charge in [-0.15, -0.1) is 0 Å². The van der Waals surface area contributed by atoms with Gasteiger partial charge < -0.3 is 0 Å². The van der Waals surface area contributed by atoms with Gasteiger partial charge in [0.15, 0.2) is 0 Å². The molecule has 1 aliphatic rings. The van der Waals surface area contributed by atoms with E-state index in [9.17, 15) is 0 Å². The van der Waals surface area contributed by atoms with Gasteiger partial charge in [0.1, 0.15) is 0 Å². The third-order valence-corrected chi connectivity index (χ3v) is 4.79. The zero-order valence-electron chi connectivity index (χ0n) is 13.7. The molecule has 0 N–H and O–H groups in total. The van der Waals surface area contributed by atoms with Crippen molar-refractivity contribution in [1.82, 2.24) is 9.97 Å². The van der Waals surface area contributed by atoms with Crippen molar-refractivity contribution in [1.29, 1.82) is 0 Å². The van der Waals surface area contributed by atoms with Crippen molar-refractivity contribution >= 4 is 16.8 Å². The fourth-order valence-electron chi connectivity index (χ4n) is 3.69. The van der Waals surface area contributed by atoms with Crippen LogP contribution in [0.3, 0.4) is 0 Å². The van der Waals surface area contributed by atoms with E-state index in [1.807, 2.05) is 36.7 Å². The third-order valence-electron chi connectivity index (χ3n) is 4.79. The molecule has 2 aromatic heterocycles. The van der Waals surface area contributed by atoms with Crippen LogP contribution in [0, 0.1) is 0 Å². The van der Waals surface area contributed by atoms with Gasteiger partial charge in [0.25, 0.3) is 0 Å². The van der Waals surface area contributed by atoms with Gasteiger partial charge in [0, 0.05) is 23.5 Å². The van der Waals surface area contributed by atoms with E-state index in [2.05, 4.69) is 58.5 Å². The Morgan fingerprint density at radius 1 is 0.720 bits per heavy atom. The smallest absolute Gasteiger partial charge is 0.0708 e. The van der Waals surface area contributed by atoms with Crippen LogP contribution in [0.1, 0.15) is 11.1 Å². The molecule has 4 aromatic rings. The van der Waals surface area contributed by atoms with Crippen molar-refractivity contribution in [2.45, 2.75) is 6.42 Å². The number of benzene rings is 2. The molecular weight excluding hydrogens is 304 g/mol. The molecule has 1 aliphatic carbocycles. The Balaban J connectivity index is 1.93. The summed E-state index contributed by atoms with van der Waals surface area (Å²) < 4.78 is 0. The Labute approximate surface area is 146 Å². The minimum absolute atomic E-state index is 0.970. The maximum Gasteiger partial charge on any atom is 0.0708 e. The summed E-state index contributed by atoms with van der Waals surface area (Å²) in [6, 6.07) is 20.9. The van der Waals surface area contributed by atoms with E-state index in [-0.39, 0.29) is 0 Å². The summed E-state index contributed by atoms with van der Waals surface area (Å²) >= 11 is 0. The van der Waals surface area contributed by atoms with Crippen LogP contribution in [-0.2, 0) is 6.42 Å². The SMILES string of the molecule is C1=Cc2c(-c3ccccn3)cc(-c3ccccn3)c3cccc(c23)C1. The Kier molecular flexibility index (Phi) is 3.20. The Morgan fingerprint density at radius 3 is 2.20 bits per heavy atom. The molecule has 0 unspecified atom stereocenters. The Hall–Kier alpha value is -3.26. The first kappa shape index (κ1) is 14.1. The molecule has 0 radical (unpaired) electrons. The van der Waals surface area contributed by atoms with Crippen LogP contribution in [-0.4, -0.2) is 9.97 Å². The summed E-state index contributed by atoms with van der Waals surface area (Å²) in [5.41, 5.74) is 6.95. The highest BCUT2D eigenvalue weighted by atomic mass is 14.7. The fourth-order valence-corrected chi connectivity index (χ4v) is 3.69. The molecule has 0 saturated heterocycles. The van der Waals surface area contributed by atoms with Gasteiger partial charge in [-0.1, -0.05) is 42.5 Å². The summed E-state index contributed by atoms with van der Waals surface area (Å²) in [7, 11) is 0. The molecule has 5 rings (SSSR count). The predicted octanol–water partition coefficient (Wildman–Crippen LogP) is 5.53. The number of nitrogens with zero attached hydrogens (tertiary/aromatic N) is 2.